The number of aliphatic hydroxyl groups excluding tert-OH is 2. The van der Waals surface area contributed by atoms with Crippen LogP contribution in [-0.2, 0) is 6.54 Å². The number of aliphatic hydroxyl groups is 2. The summed E-state index contributed by atoms with van der Waals surface area (Å²) in [6.07, 6.45) is 0.669. The van der Waals surface area contributed by atoms with Gasteiger partial charge in [-0.3, -0.25) is 4.90 Å². The second kappa shape index (κ2) is 7.76. The van der Waals surface area contributed by atoms with Crippen molar-refractivity contribution in [1.82, 2.24) is 4.90 Å². The first-order valence-corrected chi connectivity index (χ1v) is 6.34. The normalized spacial score (nSPS) is 11.1. The van der Waals surface area contributed by atoms with Gasteiger partial charge in [0.1, 0.15) is 5.82 Å². The Morgan fingerprint density at radius 2 is 1.94 bits per heavy atom. The minimum absolute atomic E-state index is 0.0772. The van der Waals surface area contributed by atoms with Crippen LogP contribution in [0.1, 0.15) is 12.0 Å². The molecule has 0 radical (unpaired) electrons. The average molecular weight is 306 g/mol. The number of hydrogen-bond donors (Lipinski definition) is 2. The van der Waals surface area contributed by atoms with E-state index in [1.165, 1.54) is 6.07 Å². The summed E-state index contributed by atoms with van der Waals surface area (Å²) in [4.78, 5) is 2.02. The maximum absolute atomic E-state index is 13.1. The number of nitrogens with zero attached hydrogens (tertiary/aromatic N) is 1. The van der Waals surface area contributed by atoms with Gasteiger partial charge in [-0.1, -0.05) is 6.07 Å². The minimum atomic E-state index is -0.280. The molecule has 0 saturated carbocycles. The lowest BCUT2D eigenvalue weighted by Gasteiger charge is -2.21. The van der Waals surface area contributed by atoms with Crippen molar-refractivity contribution in [3.8, 4) is 0 Å². The van der Waals surface area contributed by atoms with Crippen molar-refractivity contribution in [3.63, 3.8) is 0 Å². The summed E-state index contributed by atoms with van der Waals surface area (Å²) in [6.45, 7) is 2.11. The van der Waals surface area contributed by atoms with Crippen molar-refractivity contribution >= 4 is 15.9 Å². The molecule has 0 amide bonds. The Bertz CT molecular complexity index is 349. The molecule has 0 unspecified atom stereocenters. The highest BCUT2D eigenvalue weighted by Crippen LogP contribution is 2.17. The third-order valence-corrected chi connectivity index (χ3v) is 3.05. The summed E-state index contributed by atoms with van der Waals surface area (Å²) in [7, 11) is 0. The van der Waals surface area contributed by atoms with Crippen LogP contribution in [-0.4, -0.2) is 41.4 Å². The van der Waals surface area contributed by atoms with Crippen LogP contribution >= 0.6 is 15.9 Å². The van der Waals surface area contributed by atoms with Crippen LogP contribution < -0.4 is 0 Å². The predicted octanol–water partition coefficient (Wildman–Crippen LogP) is 1.76. The Kier molecular flexibility index (Phi) is 6.65. The number of halogens is 2. The molecule has 1 aromatic rings. The molecular weight excluding hydrogens is 289 g/mol. The summed E-state index contributed by atoms with van der Waals surface area (Å²) in [5.74, 6) is -0.280. The first kappa shape index (κ1) is 14.6. The molecule has 0 atom stereocenters. The van der Waals surface area contributed by atoms with E-state index < -0.39 is 0 Å². The highest BCUT2D eigenvalue weighted by Gasteiger charge is 2.07. The Hall–Kier alpha value is -0.490. The summed E-state index contributed by atoms with van der Waals surface area (Å²) in [5.41, 5.74) is 0.977. The second-order valence-corrected chi connectivity index (χ2v) is 4.68. The van der Waals surface area contributed by atoms with Crippen molar-refractivity contribution < 1.29 is 14.6 Å². The molecule has 0 aliphatic carbocycles. The largest absolute Gasteiger partial charge is 0.396 e. The zero-order valence-electron chi connectivity index (χ0n) is 9.57. The van der Waals surface area contributed by atoms with Crippen LogP contribution in [0.2, 0.25) is 0 Å². The van der Waals surface area contributed by atoms with E-state index in [0.29, 0.717) is 30.5 Å². The zero-order chi connectivity index (χ0) is 12.7. The molecule has 2 N–H and O–H groups in total. The summed E-state index contributed by atoms with van der Waals surface area (Å²) >= 11 is 3.14. The molecule has 0 bridgehead atoms. The molecule has 0 aliphatic heterocycles. The van der Waals surface area contributed by atoms with E-state index in [1.54, 1.807) is 12.1 Å². The number of benzene rings is 1. The van der Waals surface area contributed by atoms with Gasteiger partial charge in [0.05, 0.1) is 11.1 Å². The SMILES string of the molecule is OCCCN(CCO)Cc1ccc(F)c(Br)c1. The lowest BCUT2D eigenvalue weighted by Crippen LogP contribution is -2.28. The van der Waals surface area contributed by atoms with Gasteiger partial charge in [-0.25, -0.2) is 4.39 Å². The molecule has 3 nitrogen and oxygen atoms in total. The van der Waals surface area contributed by atoms with E-state index in [1.807, 2.05) is 4.90 Å². The molecule has 0 heterocycles. The highest BCUT2D eigenvalue weighted by molar-refractivity contribution is 9.10. The fourth-order valence-corrected chi connectivity index (χ4v) is 2.03. The van der Waals surface area contributed by atoms with E-state index in [0.717, 1.165) is 5.56 Å². The lowest BCUT2D eigenvalue weighted by atomic mass is 10.2. The fourth-order valence-electron chi connectivity index (χ4n) is 1.60. The molecule has 0 aliphatic rings. The molecule has 0 saturated heterocycles. The van der Waals surface area contributed by atoms with Gasteiger partial charge in [-0.15, -0.1) is 0 Å². The second-order valence-electron chi connectivity index (χ2n) is 3.83. The third kappa shape index (κ3) is 5.12. The average Bonchev–Trinajstić information content (AvgIpc) is 2.31. The molecular formula is C12H17BrFNO2. The molecule has 5 heteroatoms. The van der Waals surface area contributed by atoms with Crippen LogP contribution in [0, 0.1) is 5.82 Å². The lowest BCUT2D eigenvalue weighted by molar-refractivity contribution is 0.174. The van der Waals surface area contributed by atoms with Gasteiger partial charge in [-0.2, -0.15) is 0 Å². The Morgan fingerprint density at radius 3 is 2.53 bits per heavy atom. The predicted molar refractivity (Wildman–Crippen MR) is 68.2 cm³/mol. The van der Waals surface area contributed by atoms with Crippen molar-refractivity contribution in [2.75, 3.05) is 26.3 Å². The standard InChI is InChI=1S/C12H17BrFNO2/c13-11-8-10(2-3-12(11)14)9-15(5-7-17)4-1-6-16/h2-3,8,16-17H,1,4-7,9H2. The van der Waals surface area contributed by atoms with Gasteiger partial charge < -0.3 is 10.2 Å². The highest BCUT2D eigenvalue weighted by atomic mass is 79.9. The molecule has 96 valence electrons. The summed E-state index contributed by atoms with van der Waals surface area (Å²) in [5, 5.41) is 17.7. The van der Waals surface area contributed by atoms with Crippen LogP contribution in [0.3, 0.4) is 0 Å². The van der Waals surface area contributed by atoms with Crippen LogP contribution in [0.4, 0.5) is 4.39 Å². The van der Waals surface area contributed by atoms with Gasteiger partial charge in [0.15, 0.2) is 0 Å². The van der Waals surface area contributed by atoms with Crippen LogP contribution in [0.25, 0.3) is 0 Å². The monoisotopic (exact) mass is 305 g/mol. The van der Waals surface area contributed by atoms with E-state index in [4.69, 9.17) is 10.2 Å². The van der Waals surface area contributed by atoms with Crippen molar-refractivity contribution in [1.29, 1.82) is 0 Å². The molecule has 17 heavy (non-hydrogen) atoms. The zero-order valence-corrected chi connectivity index (χ0v) is 11.2. The van der Waals surface area contributed by atoms with Gasteiger partial charge in [0.2, 0.25) is 0 Å². The van der Waals surface area contributed by atoms with E-state index in [2.05, 4.69) is 15.9 Å². The smallest absolute Gasteiger partial charge is 0.137 e. The maximum Gasteiger partial charge on any atom is 0.137 e. The molecule has 0 spiro atoms. The quantitative estimate of drug-likeness (QED) is 0.807. The minimum Gasteiger partial charge on any atom is -0.396 e. The van der Waals surface area contributed by atoms with Crippen molar-refractivity contribution in [2.45, 2.75) is 13.0 Å². The summed E-state index contributed by atoms with van der Waals surface area (Å²) < 4.78 is 13.5. The van der Waals surface area contributed by atoms with Gasteiger partial charge in [-0.05, 0) is 40.0 Å². The Balaban J connectivity index is 2.61. The maximum atomic E-state index is 13.1. The van der Waals surface area contributed by atoms with Crippen molar-refractivity contribution in [3.05, 3.63) is 34.1 Å². The van der Waals surface area contributed by atoms with E-state index in [9.17, 15) is 4.39 Å². The number of rotatable bonds is 7. The summed E-state index contributed by atoms with van der Waals surface area (Å²) in [6, 6.07) is 4.88. The first-order chi connectivity index (χ1) is 8.17. The van der Waals surface area contributed by atoms with Gasteiger partial charge in [0.25, 0.3) is 0 Å². The van der Waals surface area contributed by atoms with Crippen LogP contribution in [0.15, 0.2) is 22.7 Å². The molecule has 0 aromatic heterocycles. The topological polar surface area (TPSA) is 43.7 Å². The molecule has 1 aromatic carbocycles. The number of hydrogen-bond acceptors (Lipinski definition) is 3. The van der Waals surface area contributed by atoms with E-state index >= 15 is 0 Å². The fraction of sp³-hybridized carbons (Fsp3) is 0.500. The Labute approximate surface area is 109 Å². The van der Waals surface area contributed by atoms with Crippen LogP contribution in [0.5, 0.6) is 0 Å². The third-order valence-electron chi connectivity index (χ3n) is 2.44. The van der Waals surface area contributed by atoms with Gasteiger partial charge in [0, 0.05) is 26.2 Å². The van der Waals surface area contributed by atoms with E-state index in [-0.39, 0.29) is 19.0 Å². The first-order valence-electron chi connectivity index (χ1n) is 5.55. The molecule has 0 fully saturated rings. The van der Waals surface area contributed by atoms with Gasteiger partial charge >= 0.3 is 0 Å². The Morgan fingerprint density at radius 1 is 1.18 bits per heavy atom. The van der Waals surface area contributed by atoms with Crippen molar-refractivity contribution in [2.24, 2.45) is 0 Å². The molecule has 1 rings (SSSR count).